The predicted octanol–water partition coefficient (Wildman–Crippen LogP) is 2.72. The smallest absolute Gasteiger partial charge is 0.271 e. The molecule has 0 aliphatic carbocycles. The number of carbonyl (C=O) groups excluding carboxylic acids is 3. The molecule has 1 saturated heterocycles. The number of aromatic nitrogens is 1. The van der Waals surface area contributed by atoms with Crippen LogP contribution in [0.4, 0.5) is 0 Å². The maximum absolute atomic E-state index is 13.3. The summed E-state index contributed by atoms with van der Waals surface area (Å²) in [4.78, 5) is 43.1. The van der Waals surface area contributed by atoms with Crippen LogP contribution in [0.5, 0.6) is 5.75 Å². The first-order chi connectivity index (χ1) is 16.3. The van der Waals surface area contributed by atoms with Crippen LogP contribution < -0.4 is 10.6 Å². The molecule has 3 atom stereocenters. The topological polar surface area (TPSA) is 118 Å². The average molecular weight is 480 g/mol. The zero-order valence-corrected chi connectivity index (χ0v) is 19.6. The zero-order valence-electron chi connectivity index (χ0n) is 18.8. The third-order valence-electron chi connectivity index (χ3n) is 6.00. The Bertz CT molecular complexity index is 1190. The van der Waals surface area contributed by atoms with Crippen molar-refractivity contribution in [1.29, 1.82) is 0 Å². The number of phenols is 1. The van der Waals surface area contributed by atoms with Crippen molar-refractivity contribution in [3.8, 4) is 16.3 Å². The van der Waals surface area contributed by atoms with Gasteiger partial charge in [0.2, 0.25) is 5.91 Å². The second-order valence-electron chi connectivity index (χ2n) is 8.37. The van der Waals surface area contributed by atoms with Crippen LogP contribution in [0, 0.1) is 0 Å². The lowest BCUT2D eigenvalue weighted by Gasteiger charge is -2.29. The Balaban J connectivity index is 1.54. The van der Waals surface area contributed by atoms with E-state index in [1.807, 2.05) is 30.3 Å². The van der Waals surface area contributed by atoms with E-state index in [0.717, 1.165) is 11.1 Å². The van der Waals surface area contributed by atoms with Gasteiger partial charge in [-0.15, -0.1) is 11.3 Å². The van der Waals surface area contributed by atoms with E-state index in [4.69, 9.17) is 4.74 Å². The second kappa shape index (κ2) is 9.74. The summed E-state index contributed by atoms with van der Waals surface area (Å²) in [7, 11) is 0. The summed E-state index contributed by atoms with van der Waals surface area (Å²) in [5, 5.41) is 17.4. The van der Waals surface area contributed by atoms with Crippen molar-refractivity contribution < 1.29 is 24.2 Å². The maximum atomic E-state index is 13.3. The van der Waals surface area contributed by atoms with Crippen molar-refractivity contribution in [2.45, 2.75) is 38.0 Å². The largest absolute Gasteiger partial charge is 0.508 e. The summed E-state index contributed by atoms with van der Waals surface area (Å²) in [6.07, 6.45) is -0.339. The summed E-state index contributed by atoms with van der Waals surface area (Å²) in [5.41, 5.74) is 0.642. The number of amides is 2. The minimum Gasteiger partial charge on any atom is -0.508 e. The molecule has 1 fully saturated rings. The van der Waals surface area contributed by atoms with E-state index in [-0.39, 0.29) is 30.3 Å². The number of hydrogen-bond donors (Lipinski definition) is 3. The van der Waals surface area contributed by atoms with Crippen LogP contribution >= 0.6 is 11.3 Å². The molecule has 1 aromatic heterocycles. The maximum Gasteiger partial charge on any atom is 0.271 e. The Morgan fingerprint density at radius 1 is 1.21 bits per heavy atom. The molecule has 176 valence electrons. The number of aromatic hydroxyl groups is 1. The quantitative estimate of drug-likeness (QED) is 0.480. The van der Waals surface area contributed by atoms with E-state index in [1.165, 1.54) is 23.5 Å². The third kappa shape index (κ3) is 5.00. The van der Waals surface area contributed by atoms with Crippen molar-refractivity contribution in [1.82, 2.24) is 15.6 Å². The SMILES string of the molecule is CC1OCC(=O)C1(C)NC(=O)C(Cc1ccc(O)cc1)NC(=O)c1csc(-c2ccccc2)n1. The van der Waals surface area contributed by atoms with Crippen molar-refractivity contribution >= 4 is 28.9 Å². The molecule has 3 N–H and O–H groups in total. The number of nitrogens with zero attached hydrogens (tertiary/aromatic N) is 1. The fourth-order valence-corrected chi connectivity index (χ4v) is 4.47. The highest BCUT2D eigenvalue weighted by molar-refractivity contribution is 7.13. The highest BCUT2D eigenvalue weighted by Gasteiger charge is 2.47. The van der Waals surface area contributed by atoms with Gasteiger partial charge in [-0.2, -0.15) is 0 Å². The summed E-state index contributed by atoms with van der Waals surface area (Å²) in [6.45, 7) is 3.27. The summed E-state index contributed by atoms with van der Waals surface area (Å²) in [5.74, 6) is -1.13. The fourth-order valence-electron chi connectivity index (χ4n) is 3.66. The Morgan fingerprint density at radius 3 is 2.56 bits per heavy atom. The number of rotatable bonds is 7. The molecule has 0 saturated carbocycles. The van der Waals surface area contributed by atoms with Gasteiger partial charge >= 0.3 is 0 Å². The van der Waals surface area contributed by atoms with Crippen molar-refractivity contribution in [3.63, 3.8) is 0 Å². The molecule has 3 aromatic rings. The van der Waals surface area contributed by atoms with Crippen LogP contribution in [0.25, 0.3) is 10.6 Å². The lowest BCUT2D eigenvalue weighted by molar-refractivity contribution is -0.130. The molecule has 2 amide bonds. The van der Waals surface area contributed by atoms with E-state index in [2.05, 4.69) is 15.6 Å². The average Bonchev–Trinajstić information content (AvgIpc) is 3.42. The molecule has 2 aromatic carbocycles. The number of hydrogen-bond acceptors (Lipinski definition) is 7. The number of carbonyl (C=O) groups is 3. The Kier molecular flexibility index (Phi) is 6.76. The molecule has 2 heterocycles. The van der Waals surface area contributed by atoms with Gasteiger partial charge in [0.1, 0.15) is 34.6 Å². The van der Waals surface area contributed by atoms with Gasteiger partial charge in [-0.25, -0.2) is 4.98 Å². The number of Topliss-reactive ketones (excluding diaryl/α,β-unsaturated/α-hetero) is 1. The Morgan fingerprint density at radius 2 is 1.91 bits per heavy atom. The van der Waals surface area contributed by atoms with E-state index in [9.17, 15) is 19.5 Å². The molecular formula is C25H25N3O5S. The second-order valence-corrected chi connectivity index (χ2v) is 9.23. The van der Waals surface area contributed by atoms with E-state index >= 15 is 0 Å². The van der Waals surface area contributed by atoms with Crippen molar-refractivity contribution in [2.24, 2.45) is 0 Å². The van der Waals surface area contributed by atoms with Gasteiger partial charge in [-0.3, -0.25) is 14.4 Å². The molecule has 4 rings (SSSR count). The highest BCUT2D eigenvalue weighted by atomic mass is 32.1. The zero-order chi connectivity index (χ0) is 24.3. The van der Waals surface area contributed by atoms with E-state index < -0.39 is 29.5 Å². The van der Waals surface area contributed by atoms with Crippen LogP contribution in [-0.2, 0) is 20.7 Å². The van der Waals surface area contributed by atoms with Crippen LogP contribution in [0.2, 0.25) is 0 Å². The van der Waals surface area contributed by atoms with Gasteiger partial charge in [0.05, 0.1) is 6.10 Å². The summed E-state index contributed by atoms with van der Waals surface area (Å²) < 4.78 is 5.40. The van der Waals surface area contributed by atoms with Crippen LogP contribution in [0.3, 0.4) is 0 Å². The Hall–Kier alpha value is -3.56. The number of nitrogens with one attached hydrogen (secondary N) is 2. The lowest BCUT2D eigenvalue weighted by atomic mass is 9.92. The first-order valence-corrected chi connectivity index (χ1v) is 11.7. The van der Waals surface area contributed by atoms with Gasteiger partial charge in [-0.05, 0) is 31.5 Å². The number of benzene rings is 2. The normalized spacial score (nSPS) is 20.6. The predicted molar refractivity (Wildman–Crippen MR) is 128 cm³/mol. The molecule has 34 heavy (non-hydrogen) atoms. The highest BCUT2D eigenvalue weighted by Crippen LogP contribution is 2.24. The minimum absolute atomic E-state index is 0.0754. The van der Waals surface area contributed by atoms with Crippen LogP contribution in [-0.4, -0.2) is 52.0 Å². The van der Waals surface area contributed by atoms with E-state index in [1.54, 1.807) is 31.4 Å². The van der Waals surface area contributed by atoms with Gasteiger partial charge in [0.25, 0.3) is 5.91 Å². The minimum atomic E-state index is -1.18. The monoisotopic (exact) mass is 479 g/mol. The number of ether oxygens (including phenoxy) is 1. The fraction of sp³-hybridized carbons (Fsp3) is 0.280. The third-order valence-corrected chi connectivity index (χ3v) is 6.89. The molecule has 8 nitrogen and oxygen atoms in total. The van der Waals surface area contributed by atoms with Gasteiger partial charge in [0.15, 0.2) is 5.78 Å². The van der Waals surface area contributed by atoms with Gasteiger partial charge in [0, 0.05) is 17.4 Å². The molecule has 0 spiro atoms. The van der Waals surface area contributed by atoms with E-state index in [0.29, 0.717) is 5.01 Å². The summed E-state index contributed by atoms with van der Waals surface area (Å²) >= 11 is 1.34. The van der Waals surface area contributed by atoms with Crippen LogP contribution in [0.15, 0.2) is 60.0 Å². The molecule has 0 bridgehead atoms. The van der Waals surface area contributed by atoms with Crippen LogP contribution in [0.1, 0.15) is 29.9 Å². The molecule has 1 aliphatic rings. The molecule has 0 radical (unpaired) electrons. The number of thiazole rings is 1. The molecule has 3 unspecified atom stereocenters. The number of phenolic OH excluding ortho intramolecular Hbond substituents is 1. The molecule has 1 aliphatic heterocycles. The molecular weight excluding hydrogens is 454 g/mol. The standard InChI is InChI=1S/C25H25N3O5S/c1-15-25(2,21(30)13-33-15)28-23(32)19(12-16-8-10-18(29)11-9-16)26-22(31)20-14-34-24(27-20)17-6-4-3-5-7-17/h3-11,14-15,19,29H,12-13H2,1-2H3,(H,26,31)(H,28,32). The molecule has 9 heteroatoms. The van der Waals surface area contributed by atoms with Gasteiger partial charge < -0.3 is 20.5 Å². The lowest BCUT2D eigenvalue weighted by Crippen LogP contribution is -2.60. The number of ketones is 1. The van der Waals surface area contributed by atoms with Crippen molar-refractivity contribution in [2.75, 3.05) is 6.61 Å². The first-order valence-electron chi connectivity index (χ1n) is 10.8. The van der Waals surface area contributed by atoms with Crippen molar-refractivity contribution in [3.05, 3.63) is 71.2 Å². The Labute approximate surface area is 201 Å². The summed E-state index contributed by atoms with van der Waals surface area (Å²) in [6, 6.07) is 14.9. The first kappa shape index (κ1) is 23.6. The van der Waals surface area contributed by atoms with Gasteiger partial charge in [-0.1, -0.05) is 42.5 Å².